The third kappa shape index (κ3) is 5.12. The standard InChI is InChI=1S/C12H17N3O2/c1-9(10-5-3-2-4-6-10)7-14-8-11(16)15-12(13)17/h2-6,9,14H,7-8H2,1H3,(H3,13,15,16,17). The zero-order chi connectivity index (χ0) is 12.7. The number of carbonyl (C=O) groups excluding carboxylic acids is 2. The van der Waals surface area contributed by atoms with Crippen molar-refractivity contribution in [3.05, 3.63) is 35.9 Å². The van der Waals surface area contributed by atoms with E-state index in [2.05, 4.69) is 12.2 Å². The van der Waals surface area contributed by atoms with Crippen LogP contribution in [0.5, 0.6) is 0 Å². The molecule has 0 aliphatic carbocycles. The van der Waals surface area contributed by atoms with Crippen LogP contribution in [0.1, 0.15) is 18.4 Å². The first-order valence-corrected chi connectivity index (χ1v) is 5.44. The van der Waals surface area contributed by atoms with Gasteiger partial charge in [0.25, 0.3) is 0 Å². The molecule has 0 aliphatic heterocycles. The number of hydrogen-bond acceptors (Lipinski definition) is 3. The maximum Gasteiger partial charge on any atom is 0.318 e. The first-order chi connectivity index (χ1) is 8.09. The number of hydrogen-bond donors (Lipinski definition) is 3. The largest absolute Gasteiger partial charge is 0.351 e. The maximum atomic E-state index is 11.1. The highest BCUT2D eigenvalue weighted by Crippen LogP contribution is 2.12. The van der Waals surface area contributed by atoms with Gasteiger partial charge in [0.1, 0.15) is 0 Å². The zero-order valence-corrected chi connectivity index (χ0v) is 9.77. The SMILES string of the molecule is CC(CNCC(=O)NC(N)=O)c1ccccc1. The summed E-state index contributed by atoms with van der Waals surface area (Å²) in [6.45, 7) is 2.81. The molecule has 1 aromatic carbocycles. The molecule has 5 heteroatoms. The van der Waals surface area contributed by atoms with Crippen molar-refractivity contribution in [3.8, 4) is 0 Å². The van der Waals surface area contributed by atoms with E-state index >= 15 is 0 Å². The van der Waals surface area contributed by atoms with E-state index in [4.69, 9.17) is 5.73 Å². The molecule has 17 heavy (non-hydrogen) atoms. The first-order valence-electron chi connectivity index (χ1n) is 5.44. The van der Waals surface area contributed by atoms with E-state index in [1.807, 2.05) is 35.6 Å². The lowest BCUT2D eigenvalue weighted by Gasteiger charge is -2.12. The Kier molecular flexibility index (Phi) is 5.16. The Morgan fingerprint density at radius 3 is 2.53 bits per heavy atom. The van der Waals surface area contributed by atoms with Crippen LogP contribution < -0.4 is 16.4 Å². The number of urea groups is 1. The second-order valence-corrected chi connectivity index (χ2v) is 3.86. The van der Waals surface area contributed by atoms with E-state index in [9.17, 15) is 9.59 Å². The summed E-state index contributed by atoms with van der Waals surface area (Å²) < 4.78 is 0. The van der Waals surface area contributed by atoms with Gasteiger partial charge in [-0.3, -0.25) is 10.1 Å². The molecule has 0 bridgehead atoms. The van der Waals surface area contributed by atoms with Crippen LogP contribution in [-0.4, -0.2) is 25.0 Å². The van der Waals surface area contributed by atoms with Crippen LogP contribution in [0.25, 0.3) is 0 Å². The molecular formula is C12H17N3O2. The topological polar surface area (TPSA) is 84.2 Å². The molecular weight excluding hydrogens is 218 g/mol. The van der Waals surface area contributed by atoms with Gasteiger partial charge in [0.05, 0.1) is 6.54 Å². The molecule has 1 rings (SSSR count). The lowest BCUT2D eigenvalue weighted by Crippen LogP contribution is -2.41. The summed E-state index contributed by atoms with van der Waals surface area (Å²) in [5.41, 5.74) is 6.02. The van der Waals surface area contributed by atoms with Crippen molar-refractivity contribution in [2.45, 2.75) is 12.8 Å². The number of rotatable bonds is 5. The molecule has 3 amide bonds. The molecule has 5 nitrogen and oxygen atoms in total. The highest BCUT2D eigenvalue weighted by atomic mass is 16.2. The van der Waals surface area contributed by atoms with Gasteiger partial charge in [-0.25, -0.2) is 4.79 Å². The maximum absolute atomic E-state index is 11.1. The second-order valence-electron chi connectivity index (χ2n) is 3.86. The fraction of sp³-hybridized carbons (Fsp3) is 0.333. The fourth-order valence-corrected chi connectivity index (χ4v) is 1.48. The van der Waals surface area contributed by atoms with Crippen LogP contribution in [0.15, 0.2) is 30.3 Å². The van der Waals surface area contributed by atoms with Gasteiger partial charge in [-0.05, 0) is 11.5 Å². The van der Waals surface area contributed by atoms with E-state index in [1.165, 1.54) is 5.56 Å². The van der Waals surface area contributed by atoms with Crippen molar-refractivity contribution in [2.24, 2.45) is 5.73 Å². The summed E-state index contributed by atoms with van der Waals surface area (Å²) in [5.74, 6) is -0.115. The van der Waals surface area contributed by atoms with E-state index in [0.717, 1.165) is 0 Å². The number of primary amides is 1. The lowest BCUT2D eigenvalue weighted by atomic mass is 10.0. The lowest BCUT2D eigenvalue weighted by molar-refractivity contribution is -0.119. The Bertz CT molecular complexity index is 379. The van der Waals surface area contributed by atoms with Crippen LogP contribution >= 0.6 is 0 Å². The number of carbonyl (C=O) groups is 2. The number of amides is 3. The van der Waals surface area contributed by atoms with Gasteiger partial charge in [-0.1, -0.05) is 37.3 Å². The summed E-state index contributed by atoms with van der Waals surface area (Å²) >= 11 is 0. The number of imide groups is 1. The van der Waals surface area contributed by atoms with Crippen molar-refractivity contribution < 1.29 is 9.59 Å². The predicted molar refractivity (Wildman–Crippen MR) is 65.5 cm³/mol. The molecule has 0 radical (unpaired) electrons. The molecule has 0 aromatic heterocycles. The van der Waals surface area contributed by atoms with Gasteiger partial charge < -0.3 is 11.1 Å². The van der Waals surface area contributed by atoms with Gasteiger partial charge in [0.15, 0.2) is 0 Å². The molecule has 0 spiro atoms. The summed E-state index contributed by atoms with van der Waals surface area (Å²) in [7, 11) is 0. The number of benzene rings is 1. The molecule has 1 atom stereocenters. The molecule has 92 valence electrons. The first kappa shape index (κ1) is 13.2. The average molecular weight is 235 g/mol. The fourth-order valence-electron chi connectivity index (χ4n) is 1.48. The van der Waals surface area contributed by atoms with E-state index in [1.54, 1.807) is 0 Å². The van der Waals surface area contributed by atoms with Gasteiger partial charge in [0, 0.05) is 6.54 Å². The number of nitrogens with one attached hydrogen (secondary N) is 2. The Labute approximate surface area is 100 Å². The van der Waals surface area contributed by atoms with Gasteiger partial charge in [-0.15, -0.1) is 0 Å². The van der Waals surface area contributed by atoms with Gasteiger partial charge in [0.2, 0.25) is 5.91 Å². The average Bonchev–Trinajstić information content (AvgIpc) is 2.29. The Morgan fingerprint density at radius 2 is 1.94 bits per heavy atom. The van der Waals surface area contributed by atoms with E-state index in [0.29, 0.717) is 12.5 Å². The third-order valence-electron chi connectivity index (χ3n) is 2.37. The van der Waals surface area contributed by atoms with Crippen molar-refractivity contribution in [2.75, 3.05) is 13.1 Å². The Balaban J connectivity index is 2.27. The summed E-state index contributed by atoms with van der Waals surface area (Å²) in [6, 6.07) is 9.17. The Hall–Kier alpha value is -1.88. The summed E-state index contributed by atoms with van der Waals surface area (Å²) in [4.78, 5) is 21.5. The molecule has 1 aromatic rings. The minimum atomic E-state index is -0.826. The van der Waals surface area contributed by atoms with Crippen LogP contribution in [-0.2, 0) is 4.79 Å². The Morgan fingerprint density at radius 1 is 1.29 bits per heavy atom. The van der Waals surface area contributed by atoms with Crippen LogP contribution in [0.3, 0.4) is 0 Å². The molecule has 0 heterocycles. The highest BCUT2D eigenvalue weighted by molar-refractivity contribution is 5.94. The smallest absolute Gasteiger partial charge is 0.318 e. The molecule has 4 N–H and O–H groups in total. The minimum absolute atomic E-state index is 0.0834. The summed E-state index contributed by atoms with van der Waals surface area (Å²) in [5, 5.41) is 4.96. The van der Waals surface area contributed by atoms with E-state index < -0.39 is 11.9 Å². The van der Waals surface area contributed by atoms with Crippen LogP contribution in [0, 0.1) is 0 Å². The van der Waals surface area contributed by atoms with Crippen LogP contribution in [0.4, 0.5) is 4.79 Å². The van der Waals surface area contributed by atoms with Crippen molar-refractivity contribution in [1.29, 1.82) is 0 Å². The minimum Gasteiger partial charge on any atom is -0.351 e. The monoisotopic (exact) mass is 235 g/mol. The van der Waals surface area contributed by atoms with Crippen molar-refractivity contribution in [1.82, 2.24) is 10.6 Å². The zero-order valence-electron chi connectivity index (χ0n) is 9.77. The second kappa shape index (κ2) is 6.65. The normalized spacial score (nSPS) is 11.8. The quantitative estimate of drug-likeness (QED) is 0.697. The van der Waals surface area contributed by atoms with Crippen LogP contribution in [0.2, 0.25) is 0 Å². The van der Waals surface area contributed by atoms with Crippen molar-refractivity contribution >= 4 is 11.9 Å². The molecule has 0 saturated carbocycles. The summed E-state index contributed by atoms with van der Waals surface area (Å²) in [6.07, 6.45) is 0. The third-order valence-corrected chi connectivity index (χ3v) is 2.37. The number of nitrogens with two attached hydrogens (primary N) is 1. The predicted octanol–water partition coefficient (Wildman–Crippen LogP) is 0.575. The van der Waals surface area contributed by atoms with Crippen molar-refractivity contribution in [3.63, 3.8) is 0 Å². The molecule has 0 fully saturated rings. The molecule has 1 unspecified atom stereocenters. The molecule has 0 saturated heterocycles. The van der Waals surface area contributed by atoms with E-state index in [-0.39, 0.29) is 6.54 Å². The highest BCUT2D eigenvalue weighted by Gasteiger charge is 2.06. The van der Waals surface area contributed by atoms with Gasteiger partial charge in [-0.2, -0.15) is 0 Å². The molecule has 0 aliphatic rings. The van der Waals surface area contributed by atoms with Gasteiger partial charge >= 0.3 is 6.03 Å².